The number of aliphatic carboxylic acids is 1. The highest BCUT2D eigenvalue weighted by Crippen LogP contribution is 2.35. The molecule has 3 rings (SSSR count). The van der Waals surface area contributed by atoms with Crippen molar-refractivity contribution in [2.45, 2.75) is 12.8 Å². The number of aromatic nitrogens is 1. The van der Waals surface area contributed by atoms with Crippen molar-refractivity contribution in [2.75, 3.05) is 5.32 Å². The Morgan fingerprint density at radius 1 is 1.09 bits per heavy atom. The molecular weight excluding hydrogens is 296 g/mol. The summed E-state index contributed by atoms with van der Waals surface area (Å²) in [6.45, 7) is 0. The highest BCUT2D eigenvalue weighted by atomic mass is 16.5. The van der Waals surface area contributed by atoms with Crippen LogP contribution in [0.5, 0.6) is 11.5 Å². The molecular formula is C17H16N2O4. The van der Waals surface area contributed by atoms with Gasteiger partial charge in [0, 0.05) is 30.1 Å². The Morgan fingerprint density at radius 2 is 1.83 bits per heavy atom. The molecule has 1 aromatic carbocycles. The van der Waals surface area contributed by atoms with Gasteiger partial charge in [-0.3, -0.25) is 14.6 Å². The molecule has 118 valence electrons. The fourth-order valence-electron chi connectivity index (χ4n) is 2.46. The summed E-state index contributed by atoms with van der Waals surface area (Å²) in [5.74, 6) is -0.351. The van der Waals surface area contributed by atoms with Crippen LogP contribution in [0.3, 0.4) is 0 Å². The minimum atomic E-state index is -0.832. The number of nitrogens with zero attached hydrogens (tertiary/aromatic N) is 1. The number of hydrogen-bond donors (Lipinski definition) is 2. The maximum atomic E-state index is 12.1. The summed E-state index contributed by atoms with van der Waals surface area (Å²) >= 11 is 0. The number of rotatable bonds is 5. The van der Waals surface area contributed by atoms with Gasteiger partial charge in [0.25, 0.3) is 0 Å². The maximum absolute atomic E-state index is 12.1. The molecule has 1 fully saturated rings. The zero-order valence-electron chi connectivity index (χ0n) is 12.3. The Kier molecular flexibility index (Phi) is 4.23. The summed E-state index contributed by atoms with van der Waals surface area (Å²) in [7, 11) is 0. The SMILES string of the molecule is O=C(O)C1CC(C(=O)Nc2cccc(Oc3ccncc3)c2)C1. The van der Waals surface area contributed by atoms with Crippen molar-refractivity contribution >= 4 is 17.6 Å². The molecule has 1 aromatic heterocycles. The van der Waals surface area contributed by atoms with Gasteiger partial charge in [-0.05, 0) is 37.1 Å². The van der Waals surface area contributed by atoms with E-state index in [-0.39, 0.29) is 11.8 Å². The molecule has 2 aromatic rings. The van der Waals surface area contributed by atoms with Crippen molar-refractivity contribution in [2.24, 2.45) is 11.8 Å². The first-order valence-electron chi connectivity index (χ1n) is 7.33. The number of carbonyl (C=O) groups is 2. The van der Waals surface area contributed by atoms with Crippen LogP contribution in [0.2, 0.25) is 0 Å². The minimum Gasteiger partial charge on any atom is -0.481 e. The van der Waals surface area contributed by atoms with Crippen LogP contribution in [0.25, 0.3) is 0 Å². The highest BCUT2D eigenvalue weighted by Gasteiger charge is 2.38. The van der Waals surface area contributed by atoms with E-state index in [9.17, 15) is 9.59 Å². The molecule has 6 nitrogen and oxygen atoms in total. The molecule has 2 N–H and O–H groups in total. The topological polar surface area (TPSA) is 88.5 Å². The van der Waals surface area contributed by atoms with Crippen LogP contribution in [0, 0.1) is 11.8 Å². The molecule has 0 saturated heterocycles. The molecule has 0 bridgehead atoms. The van der Waals surface area contributed by atoms with E-state index < -0.39 is 11.9 Å². The number of pyridine rings is 1. The second-order valence-corrected chi connectivity index (χ2v) is 5.51. The third-order valence-electron chi connectivity index (χ3n) is 3.85. The van der Waals surface area contributed by atoms with E-state index in [0.717, 1.165) is 0 Å². The molecule has 1 aliphatic carbocycles. The Bertz CT molecular complexity index is 712. The van der Waals surface area contributed by atoms with Crippen molar-refractivity contribution < 1.29 is 19.4 Å². The van der Waals surface area contributed by atoms with Crippen LogP contribution >= 0.6 is 0 Å². The summed E-state index contributed by atoms with van der Waals surface area (Å²) in [6, 6.07) is 10.6. The predicted octanol–water partition coefficient (Wildman–Crippen LogP) is 2.92. The van der Waals surface area contributed by atoms with E-state index in [0.29, 0.717) is 30.0 Å². The molecule has 0 spiro atoms. The number of carbonyl (C=O) groups excluding carboxylic acids is 1. The fourth-order valence-corrected chi connectivity index (χ4v) is 2.46. The first kappa shape index (κ1) is 15.0. The normalized spacial score (nSPS) is 19.5. The van der Waals surface area contributed by atoms with Crippen molar-refractivity contribution in [3.8, 4) is 11.5 Å². The second-order valence-electron chi connectivity index (χ2n) is 5.51. The Labute approximate surface area is 133 Å². The number of hydrogen-bond acceptors (Lipinski definition) is 4. The van der Waals surface area contributed by atoms with E-state index in [1.165, 1.54) is 0 Å². The summed E-state index contributed by atoms with van der Waals surface area (Å²) in [4.78, 5) is 26.8. The summed E-state index contributed by atoms with van der Waals surface area (Å²) in [5, 5.41) is 11.7. The lowest BCUT2D eigenvalue weighted by Crippen LogP contribution is -2.38. The number of carboxylic acid groups (broad SMARTS) is 1. The van der Waals surface area contributed by atoms with Crippen molar-refractivity contribution in [3.63, 3.8) is 0 Å². The van der Waals surface area contributed by atoms with E-state index in [2.05, 4.69) is 10.3 Å². The summed E-state index contributed by atoms with van der Waals surface area (Å²) in [6.07, 6.45) is 4.07. The standard InChI is InChI=1S/C17H16N2O4/c20-16(11-8-12(9-11)17(21)22)19-13-2-1-3-15(10-13)23-14-4-6-18-7-5-14/h1-7,10-12H,8-9H2,(H,19,20)(H,21,22). The first-order chi connectivity index (χ1) is 11.1. The number of benzene rings is 1. The Morgan fingerprint density at radius 3 is 2.52 bits per heavy atom. The maximum Gasteiger partial charge on any atom is 0.306 e. The molecule has 0 aliphatic heterocycles. The Balaban J connectivity index is 1.60. The van der Waals surface area contributed by atoms with Gasteiger partial charge in [0.15, 0.2) is 0 Å². The predicted molar refractivity (Wildman–Crippen MR) is 83.2 cm³/mol. The van der Waals surface area contributed by atoms with Gasteiger partial charge in [0.2, 0.25) is 5.91 Å². The fraction of sp³-hybridized carbons (Fsp3) is 0.235. The third-order valence-corrected chi connectivity index (χ3v) is 3.85. The lowest BCUT2D eigenvalue weighted by molar-refractivity contribution is -0.147. The lowest BCUT2D eigenvalue weighted by atomic mass is 9.74. The average molecular weight is 312 g/mol. The van der Waals surface area contributed by atoms with Crippen molar-refractivity contribution in [3.05, 3.63) is 48.8 Å². The molecule has 0 unspecified atom stereocenters. The molecule has 1 amide bonds. The van der Waals surface area contributed by atoms with Gasteiger partial charge >= 0.3 is 5.97 Å². The van der Waals surface area contributed by atoms with Gasteiger partial charge in [-0.1, -0.05) is 6.07 Å². The first-order valence-corrected chi connectivity index (χ1v) is 7.33. The monoisotopic (exact) mass is 312 g/mol. The van der Waals surface area contributed by atoms with Crippen LogP contribution in [0.15, 0.2) is 48.8 Å². The van der Waals surface area contributed by atoms with Crippen molar-refractivity contribution in [1.29, 1.82) is 0 Å². The van der Waals surface area contributed by atoms with Crippen LogP contribution in [0.4, 0.5) is 5.69 Å². The van der Waals surface area contributed by atoms with Crippen LogP contribution < -0.4 is 10.1 Å². The number of ether oxygens (including phenoxy) is 1. The highest BCUT2D eigenvalue weighted by molar-refractivity contribution is 5.94. The zero-order valence-corrected chi connectivity index (χ0v) is 12.3. The number of carboxylic acids is 1. The van der Waals surface area contributed by atoms with Gasteiger partial charge in [-0.2, -0.15) is 0 Å². The van der Waals surface area contributed by atoms with Crippen LogP contribution in [-0.4, -0.2) is 22.0 Å². The molecule has 1 heterocycles. The number of nitrogens with one attached hydrogen (secondary N) is 1. The largest absolute Gasteiger partial charge is 0.481 e. The van der Waals surface area contributed by atoms with Crippen LogP contribution in [0.1, 0.15) is 12.8 Å². The quantitative estimate of drug-likeness (QED) is 0.886. The Hall–Kier alpha value is -2.89. The van der Waals surface area contributed by atoms with E-state index in [4.69, 9.17) is 9.84 Å². The van der Waals surface area contributed by atoms with Crippen LogP contribution in [-0.2, 0) is 9.59 Å². The van der Waals surface area contributed by atoms with Gasteiger partial charge in [0.05, 0.1) is 5.92 Å². The number of anilines is 1. The van der Waals surface area contributed by atoms with E-state index in [1.807, 2.05) is 0 Å². The summed E-state index contributed by atoms with van der Waals surface area (Å²) in [5.41, 5.74) is 0.625. The number of amides is 1. The molecule has 1 aliphatic rings. The molecule has 23 heavy (non-hydrogen) atoms. The minimum absolute atomic E-state index is 0.149. The van der Waals surface area contributed by atoms with E-state index >= 15 is 0 Å². The van der Waals surface area contributed by atoms with Crippen molar-refractivity contribution in [1.82, 2.24) is 4.98 Å². The van der Waals surface area contributed by atoms with Gasteiger partial charge in [-0.25, -0.2) is 0 Å². The second kappa shape index (κ2) is 6.48. The van der Waals surface area contributed by atoms with Gasteiger partial charge in [-0.15, -0.1) is 0 Å². The van der Waals surface area contributed by atoms with Gasteiger partial charge in [0.1, 0.15) is 11.5 Å². The smallest absolute Gasteiger partial charge is 0.306 e. The molecule has 1 saturated carbocycles. The zero-order chi connectivity index (χ0) is 16.2. The van der Waals surface area contributed by atoms with Gasteiger partial charge < -0.3 is 15.2 Å². The molecule has 0 radical (unpaired) electrons. The van der Waals surface area contributed by atoms with E-state index in [1.54, 1.807) is 48.8 Å². The molecule has 6 heteroatoms. The average Bonchev–Trinajstić information content (AvgIpc) is 2.46. The summed E-state index contributed by atoms with van der Waals surface area (Å²) < 4.78 is 5.68. The molecule has 0 atom stereocenters. The lowest BCUT2D eigenvalue weighted by Gasteiger charge is -2.30. The third kappa shape index (κ3) is 3.66.